The van der Waals surface area contributed by atoms with Gasteiger partial charge < -0.3 is 19.3 Å². The number of Topliss-reactive ketones (excluding diaryl/α,β-unsaturated/α-hetero) is 1. The molecule has 1 amide bonds. The number of anilines is 1. The zero-order valence-electron chi connectivity index (χ0n) is 22.4. The summed E-state index contributed by atoms with van der Waals surface area (Å²) >= 11 is 0. The molecule has 4 rings (SSSR count). The lowest BCUT2D eigenvalue weighted by molar-refractivity contribution is -0.132. The molecule has 0 aromatic heterocycles. The summed E-state index contributed by atoms with van der Waals surface area (Å²) in [6, 6.07) is 18.7. The molecule has 0 spiro atoms. The Morgan fingerprint density at radius 3 is 2.21 bits per heavy atom. The second kappa shape index (κ2) is 11.4. The number of nitrogens with zero attached hydrogens (tertiary/aromatic N) is 1. The van der Waals surface area contributed by atoms with Crippen LogP contribution in [-0.2, 0) is 16.0 Å². The topological polar surface area (TPSA) is 85.3 Å². The summed E-state index contributed by atoms with van der Waals surface area (Å²) in [7, 11) is 1.55. The maximum absolute atomic E-state index is 13.5. The van der Waals surface area contributed by atoms with E-state index in [-0.39, 0.29) is 17.4 Å². The zero-order valence-corrected chi connectivity index (χ0v) is 22.4. The number of aliphatic hydroxyl groups excluding tert-OH is 1. The molecule has 1 aliphatic heterocycles. The smallest absolute Gasteiger partial charge is 0.300 e. The SMILES string of the molecule is CCOc1cc(C2/C(=C(/O)c3ccc(OC(C)C)cc3)C(=O)C(=O)N2c2ccc(CC)cc2)ccc1OC. The predicted molar refractivity (Wildman–Crippen MR) is 147 cm³/mol. The van der Waals surface area contributed by atoms with Crippen LogP contribution in [0.5, 0.6) is 17.2 Å². The van der Waals surface area contributed by atoms with E-state index < -0.39 is 17.7 Å². The molecule has 1 heterocycles. The Bertz CT molecular complexity index is 1340. The lowest BCUT2D eigenvalue weighted by atomic mass is 9.94. The summed E-state index contributed by atoms with van der Waals surface area (Å²) in [5.41, 5.74) is 2.68. The molecule has 0 bridgehead atoms. The number of aliphatic hydroxyl groups is 1. The Morgan fingerprint density at radius 2 is 1.63 bits per heavy atom. The van der Waals surface area contributed by atoms with Crippen molar-refractivity contribution in [2.45, 2.75) is 46.3 Å². The molecular formula is C31H33NO6. The van der Waals surface area contributed by atoms with Crippen molar-refractivity contribution in [3.63, 3.8) is 0 Å². The van der Waals surface area contributed by atoms with Crippen molar-refractivity contribution in [2.24, 2.45) is 0 Å². The van der Waals surface area contributed by atoms with Crippen molar-refractivity contribution in [3.8, 4) is 17.2 Å². The van der Waals surface area contributed by atoms with Crippen LogP contribution in [0.25, 0.3) is 5.76 Å². The van der Waals surface area contributed by atoms with Crippen molar-refractivity contribution >= 4 is 23.1 Å². The molecule has 0 radical (unpaired) electrons. The third-order valence-corrected chi connectivity index (χ3v) is 6.37. The second-order valence-corrected chi connectivity index (χ2v) is 9.22. The molecule has 7 heteroatoms. The van der Waals surface area contributed by atoms with Gasteiger partial charge in [0.15, 0.2) is 11.5 Å². The van der Waals surface area contributed by atoms with E-state index in [4.69, 9.17) is 14.2 Å². The molecule has 38 heavy (non-hydrogen) atoms. The highest BCUT2D eigenvalue weighted by atomic mass is 16.5. The molecule has 3 aromatic rings. The summed E-state index contributed by atoms with van der Waals surface area (Å²) in [6.07, 6.45) is 0.836. The number of aryl methyl sites for hydroxylation is 1. The second-order valence-electron chi connectivity index (χ2n) is 9.22. The number of ketones is 1. The minimum absolute atomic E-state index is 0.000267. The van der Waals surface area contributed by atoms with Crippen LogP contribution in [0.4, 0.5) is 5.69 Å². The highest BCUT2D eigenvalue weighted by molar-refractivity contribution is 6.51. The Morgan fingerprint density at radius 1 is 0.947 bits per heavy atom. The van der Waals surface area contributed by atoms with Gasteiger partial charge in [0.25, 0.3) is 11.7 Å². The van der Waals surface area contributed by atoms with Crippen molar-refractivity contribution in [2.75, 3.05) is 18.6 Å². The summed E-state index contributed by atoms with van der Waals surface area (Å²) in [5.74, 6) is -0.0835. The van der Waals surface area contributed by atoms with E-state index in [0.29, 0.717) is 40.7 Å². The number of hydrogen-bond acceptors (Lipinski definition) is 6. The average Bonchev–Trinajstić information content (AvgIpc) is 3.18. The minimum atomic E-state index is -0.876. The first kappa shape index (κ1) is 26.8. The predicted octanol–water partition coefficient (Wildman–Crippen LogP) is 6.07. The van der Waals surface area contributed by atoms with Crippen molar-refractivity contribution in [3.05, 3.63) is 89.0 Å². The van der Waals surface area contributed by atoms with Crippen LogP contribution in [0.3, 0.4) is 0 Å². The van der Waals surface area contributed by atoms with E-state index in [1.165, 1.54) is 4.90 Å². The Kier molecular flexibility index (Phi) is 8.05. The highest BCUT2D eigenvalue weighted by Crippen LogP contribution is 2.44. The van der Waals surface area contributed by atoms with Gasteiger partial charge in [0, 0.05) is 11.3 Å². The lowest BCUT2D eigenvalue weighted by Crippen LogP contribution is -2.29. The maximum Gasteiger partial charge on any atom is 0.300 e. The van der Waals surface area contributed by atoms with Gasteiger partial charge in [-0.05, 0) is 86.8 Å². The quantitative estimate of drug-likeness (QED) is 0.212. The Labute approximate surface area is 223 Å². The van der Waals surface area contributed by atoms with Gasteiger partial charge in [-0.1, -0.05) is 25.1 Å². The summed E-state index contributed by atoms with van der Waals surface area (Å²) < 4.78 is 16.9. The Hall–Kier alpha value is -4.26. The Balaban J connectivity index is 1.89. The molecule has 1 atom stereocenters. The van der Waals surface area contributed by atoms with Gasteiger partial charge in [0.2, 0.25) is 0 Å². The van der Waals surface area contributed by atoms with E-state index in [1.807, 2.05) is 52.0 Å². The number of amides is 1. The number of methoxy groups -OCH3 is 1. The fourth-order valence-electron chi connectivity index (χ4n) is 4.56. The van der Waals surface area contributed by atoms with E-state index in [1.54, 1.807) is 49.6 Å². The highest BCUT2D eigenvalue weighted by Gasteiger charge is 2.47. The summed E-state index contributed by atoms with van der Waals surface area (Å²) in [4.78, 5) is 28.4. The summed E-state index contributed by atoms with van der Waals surface area (Å²) in [6.45, 7) is 8.16. The van der Waals surface area contributed by atoms with Gasteiger partial charge in [0.05, 0.1) is 31.4 Å². The zero-order chi connectivity index (χ0) is 27.4. The monoisotopic (exact) mass is 515 g/mol. The minimum Gasteiger partial charge on any atom is -0.507 e. The first-order valence-electron chi connectivity index (χ1n) is 12.8. The van der Waals surface area contributed by atoms with Gasteiger partial charge in [-0.2, -0.15) is 0 Å². The van der Waals surface area contributed by atoms with E-state index >= 15 is 0 Å². The molecule has 0 aliphatic carbocycles. The van der Waals surface area contributed by atoms with Gasteiger partial charge in [-0.15, -0.1) is 0 Å². The number of ether oxygens (including phenoxy) is 3. The first-order valence-corrected chi connectivity index (χ1v) is 12.8. The maximum atomic E-state index is 13.5. The number of benzene rings is 3. The molecule has 1 saturated heterocycles. The van der Waals surface area contributed by atoms with Crippen LogP contribution < -0.4 is 19.1 Å². The third-order valence-electron chi connectivity index (χ3n) is 6.37. The van der Waals surface area contributed by atoms with Crippen molar-refractivity contribution < 1.29 is 28.9 Å². The molecule has 1 unspecified atom stereocenters. The number of carbonyl (C=O) groups excluding carboxylic acids is 2. The molecular weight excluding hydrogens is 482 g/mol. The third kappa shape index (κ3) is 5.23. The molecule has 3 aromatic carbocycles. The van der Waals surface area contributed by atoms with Crippen LogP contribution in [0.1, 0.15) is 50.4 Å². The van der Waals surface area contributed by atoms with Crippen LogP contribution >= 0.6 is 0 Å². The number of carbonyl (C=O) groups is 2. The fraction of sp³-hybridized carbons (Fsp3) is 0.290. The van der Waals surface area contributed by atoms with E-state index in [0.717, 1.165) is 12.0 Å². The normalized spacial score (nSPS) is 16.7. The van der Waals surface area contributed by atoms with Crippen molar-refractivity contribution in [1.82, 2.24) is 0 Å². The number of hydrogen-bond donors (Lipinski definition) is 1. The average molecular weight is 516 g/mol. The summed E-state index contributed by atoms with van der Waals surface area (Å²) in [5, 5.41) is 11.4. The van der Waals surface area contributed by atoms with Crippen LogP contribution in [0.2, 0.25) is 0 Å². The van der Waals surface area contributed by atoms with Gasteiger partial charge in [-0.3, -0.25) is 14.5 Å². The fourth-order valence-corrected chi connectivity index (χ4v) is 4.56. The van der Waals surface area contributed by atoms with Crippen molar-refractivity contribution in [1.29, 1.82) is 0 Å². The molecule has 198 valence electrons. The largest absolute Gasteiger partial charge is 0.507 e. The van der Waals surface area contributed by atoms with E-state index in [9.17, 15) is 14.7 Å². The van der Waals surface area contributed by atoms with Crippen LogP contribution in [-0.4, -0.2) is 36.6 Å². The molecule has 1 N–H and O–H groups in total. The standard InChI is InChI=1S/C31H33NO6/c1-6-20-8-13-23(14-9-20)32-28(22-12-17-25(36-5)26(18-22)37-7-2)27(30(34)31(32)35)29(33)21-10-15-24(16-11-21)38-19(3)4/h8-19,28,33H,6-7H2,1-5H3/b29-27-. The first-order chi connectivity index (χ1) is 18.3. The van der Waals surface area contributed by atoms with Gasteiger partial charge in [0.1, 0.15) is 11.5 Å². The van der Waals surface area contributed by atoms with E-state index in [2.05, 4.69) is 0 Å². The molecule has 0 saturated carbocycles. The molecule has 1 aliphatic rings. The number of rotatable bonds is 9. The van der Waals surface area contributed by atoms with Gasteiger partial charge in [-0.25, -0.2) is 0 Å². The molecule has 7 nitrogen and oxygen atoms in total. The van der Waals surface area contributed by atoms with Crippen LogP contribution in [0, 0.1) is 0 Å². The molecule has 1 fully saturated rings. The van der Waals surface area contributed by atoms with Crippen LogP contribution in [0.15, 0.2) is 72.3 Å². The lowest BCUT2D eigenvalue weighted by Gasteiger charge is -2.26. The van der Waals surface area contributed by atoms with Gasteiger partial charge >= 0.3 is 0 Å².